The maximum absolute atomic E-state index is 6.08. The Kier molecular flexibility index (Phi) is 3.86. The summed E-state index contributed by atoms with van der Waals surface area (Å²) in [5, 5.41) is 5.84. The maximum atomic E-state index is 6.08. The van der Waals surface area contributed by atoms with Crippen molar-refractivity contribution in [2.75, 3.05) is 5.32 Å². The third kappa shape index (κ3) is 2.89. The Hall–Kier alpha value is -0.840. The number of hydrogen-bond acceptors (Lipinski definition) is 4. The van der Waals surface area contributed by atoms with Gasteiger partial charge in [-0.05, 0) is 25.0 Å². The lowest BCUT2D eigenvalue weighted by Gasteiger charge is -1.98. The van der Waals surface area contributed by atoms with Crippen LogP contribution >= 0.6 is 35.3 Å². The summed E-state index contributed by atoms with van der Waals surface area (Å²) in [7, 11) is 0. The van der Waals surface area contributed by atoms with Gasteiger partial charge in [0.05, 0.1) is 0 Å². The summed E-state index contributed by atoms with van der Waals surface area (Å²) in [5.74, 6) is 0. The first-order valence-electron chi connectivity index (χ1n) is 5.16. The highest BCUT2D eigenvalue weighted by molar-refractivity contribution is 7.19. The normalized spacial score (nSPS) is 14.2. The second-order valence-corrected chi connectivity index (χ2v) is 5.16. The first kappa shape index (κ1) is 12.6. The van der Waals surface area contributed by atoms with E-state index in [-0.39, 0.29) is 12.4 Å². The Balaban J connectivity index is 0.00000108. The highest BCUT2D eigenvalue weighted by Crippen LogP contribution is 2.37. The molecule has 1 aliphatic rings. The standard InChI is InChI=1S/C11H10ClN3S.ClH/c12-9-11(14-8-3-4-8)16-10(15-9)7-2-1-5-13-6-7;/h1-2,5-6,8,14H,3-4H2;1H. The predicted octanol–water partition coefficient (Wildman–Crippen LogP) is 3.85. The van der Waals surface area contributed by atoms with Gasteiger partial charge in [-0.25, -0.2) is 4.98 Å². The number of anilines is 1. The number of nitrogens with one attached hydrogen (secondary N) is 1. The van der Waals surface area contributed by atoms with Gasteiger partial charge < -0.3 is 5.32 Å². The van der Waals surface area contributed by atoms with Crippen molar-refractivity contribution in [3.05, 3.63) is 29.7 Å². The minimum Gasteiger partial charge on any atom is -0.372 e. The average Bonchev–Trinajstić information content (AvgIpc) is 3.05. The molecule has 0 bridgehead atoms. The van der Waals surface area contributed by atoms with Crippen LogP contribution < -0.4 is 5.32 Å². The van der Waals surface area contributed by atoms with Gasteiger partial charge in [-0.1, -0.05) is 22.9 Å². The number of hydrogen-bond donors (Lipinski definition) is 1. The topological polar surface area (TPSA) is 37.8 Å². The van der Waals surface area contributed by atoms with Gasteiger partial charge in [0.15, 0.2) is 5.15 Å². The predicted molar refractivity (Wildman–Crippen MR) is 74.2 cm³/mol. The highest BCUT2D eigenvalue weighted by atomic mass is 35.5. The molecule has 90 valence electrons. The van der Waals surface area contributed by atoms with E-state index in [1.54, 1.807) is 23.7 Å². The van der Waals surface area contributed by atoms with Crippen LogP contribution in [0.2, 0.25) is 5.15 Å². The molecule has 0 unspecified atom stereocenters. The van der Waals surface area contributed by atoms with Gasteiger partial charge in [0.1, 0.15) is 10.0 Å². The Morgan fingerprint density at radius 2 is 2.24 bits per heavy atom. The van der Waals surface area contributed by atoms with Crippen LogP contribution in [0.25, 0.3) is 10.6 Å². The zero-order valence-corrected chi connectivity index (χ0v) is 11.3. The summed E-state index contributed by atoms with van der Waals surface area (Å²) in [6.45, 7) is 0. The number of pyridine rings is 1. The van der Waals surface area contributed by atoms with Crippen molar-refractivity contribution in [1.29, 1.82) is 0 Å². The van der Waals surface area contributed by atoms with Crippen molar-refractivity contribution < 1.29 is 0 Å². The molecule has 0 radical (unpaired) electrons. The Bertz CT molecular complexity index is 497. The molecule has 3 rings (SSSR count). The zero-order chi connectivity index (χ0) is 11.0. The molecule has 6 heteroatoms. The quantitative estimate of drug-likeness (QED) is 0.932. The van der Waals surface area contributed by atoms with Gasteiger partial charge in [-0.2, -0.15) is 0 Å². The summed E-state index contributed by atoms with van der Waals surface area (Å²) in [6, 6.07) is 4.49. The molecular formula is C11H11Cl2N3S. The first-order chi connectivity index (χ1) is 7.83. The monoisotopic (exact) mass is 287 g/mol. The van der Waals surface area contributed by atoms with Gasteiger partial charge in [-0.3, -0.25) is 4.98 Å². The van der Waals surface area contributed by atoms with Crippen molar-refractivity contribution in [3.63, 3.8) is 0 Å². The lowest BCUT2D eigenvalue weighted by molar-refractivity contribution is 1.16. The van der Waals surface area contributed by atoms with Crippen molar-refractivity contribution in [2.45, 2.75) is 18.9 Å². The van der Waals surface area contributed by atoms with Crippen LogP contribution in [0.4, 0.5) is 5.00 Å². The van der Waals surface area contributed by atoms with E-state index in [1.165, 1.54) is 12.8 Å². The Labute approximate surface area is 115 Å². The van der Waals surface area contributed by atoms with Crippen LogP contribution in [0.5, 0.6) is 0 Å². The van der Waals surface area contributed by atoms with Gasteiger partial charge >= 0.3 is 0 Å². The SMILES string of the molecule is Cl.Clc1nc(-c2cccnc2)sc1NC1CC1. The average molecular weight is 288 g/mol. The molecule has 0 spiro atoms. The number of thiazole rings is 1. The third-order valence-corrected chi connectivity index (χ3v) is 3.83. The van der Waals surface area contributed by atoms with E-state index < -0.39 is 0 Å². The van der Waals surface area contributed by atoms with Crippen molar-refractivity contribution in [1.82, 2.24) is 9.97 Å². The fraction of sp³-hybridized carbons (Fsp3) is 0.273. The maximum Gasteiger partial charge on any atom is 0.164 e. The highest BCUT2D eigenvalue weighted by Gasteiger charge is 2.23. The molecule has 1 aliphatic carbocycles. The van der Waals surface area contributed by atoms with Crippen molar-refractivity contribution in [2.24, 2.45) is 0 Å². The minimum absolute atomic E-state index is 0. The summed E-state index contributed by atoms with van der Waals surface area (Å²) in [4.78, 5) is 8.42. The van der Waals surface area contributed by atoms with E-state index in [0.717, 1.165) is 15.6 Å². The number of aromatic nitrogens is 2. The Morgan fingerprint density at radius 3 is 2.88 bits per heavy atom. The molecule has 0 saturated heterocycles. The molecule has 0 amide bonds. The fourth-order valence-corrected chi connectivity index (χ4v) is 2.65. The zero-order valence-electron chi connectivity index (χ0n) is 8.89. The summed E-state index contributed by atoms with van der Waals surface area (Å²) in [6.07, 6.45) is 6.02. The molecule has 17 heavy (non-hydrogen) atoms. The molecule has 1 N–H and O–H groups in total. The molecule has 2 aromatic heterocycles. The van der Waals surface area contributed by atoms with E-state index in [4.69, 9.17) is 11.6 Å². The first-order valence-corrected chi connectivity index (χ1v) is 6.35. The van der Waals surface area contributed by atoms with E-state index in [2.05, 4.69) is 15.3 Å². The summed E-state index contributed by atoms with van der Waals surface area (Å²) >= 11 is 7.67. The lowest BCUT2D eigenvalue weighted by Crippen LogP contribution is -1.98. The van der Waals surface area contributed by atoms with Gasteiger partial charge in [-0.15, -0.1) is 12.4 Å². The van der Waals surface area contributed by atoms with Crippen molar-refractivity contribution >= 4 is 40.3 Å². The molecule has 0 atom stereocenters. The van der Waals surface area contributed by atoms with E-state index in [9.17, 15) is 0 Å². The van der Waals surface area contributed by atoms with Crippen LogP contribution in [0.15, 0.2) is 24.5 Å². The van der Waals surface area contributed by atoms with Crippen LogP contribution in [-0.2, 0) is 0 Å². The van der Waals surface area contributed by atoms with Crippen LogP contribution in [0.3, 0.4) is 0 Å². The number of nitrogens with zero attached hydrogens (tertiary/aromatic N) is 2. The number of rotatable bonds is 3. The Morgan fingerprint density at radius 1 is 1.41 bits per heavy atom. The number of halogens is 2. The molecule has 0 aliphatic heterocycles. The van der Waals surface area contributed by atoms with Crippen LogP contribution in [0, 0.1) is 0 Å². The van der Waals surface area contributed by atoms with E-state index in [0.29, 0.717) is 11.2 Å². The molecular weight excluding hydrogens is 277 g/mol. The summed E-state index contributed by atoms with van der Waals surface area (Å²) < 4.78 is 0. The lowest BCUT2D eigenvalue weighted by atomic mass is 10.3. The molecule has 1 fully saturated rings. The molecule has 2 aromatic rings. The smallest absolute Gasteiger partial charge is 0.164 e. The summed E-state index contributed by atoms with van der Waals surface area (Å²) in [5.41, 5.74) is 1.01. The second kappa shape index (κ2) is 5.21. The molecule has 3 nitrogen and oxygen atoms in total. The van der Waals surface area contributed by atoms with Crippen LogP contribution in [-0.4, -0.2) is 16.0 Å². The second-order valence-electron chi connectivity index (χ2n) is 3.80. The van der Waals surface area contributed by atoms with Crippen LogP contribution in [0.1, 0.15) is 12.8 Å². The van der Waals surface area contributed by atoms with Gasteiger partial charge in [0, 0.05) is 24.0 Å². The third-order valence-electron chi connectivity index (χ3n) is 2.41. The van der Waals surface area contributed by atoms with E-state index >= 15 is 0 Å². The van der Waals surface area contributed by atoms with Crippen molar-refractivity contribution in [3.8, 4) is 10.6 Å². The molecule has 1 saturated carbocycles. The minimum atomic E-state index is 0. The largest absolute Gasteiger partial charge is 0.372 e. The molecule has 2 heterocycles. The van der Waals surface area contributed by atoms with Gasteiger partial charge in [0.25, 0.3) is 0 Å². The fourth-order valence-electron chi connectivity index (χ4n) is 1.42. The van der Waals surface area contributed by atoms with Gasteiger partial charge in [0.2, 0.25) is 0 Å². The molecule has 0 aromatic carbocycles. The van der Waals surface area contributed by atoms with E-state index in [1.807, 2.05) is 12.1 Å².